The molecular formula is C15H8BrF5O4S. The molecule has 0 saturated heterocycles. The van der Waals surface area contributed by atoms with Crippen molar-refractivity contribution >= 4 is 31.6 Å². The normalized spacial score (nSPS) is 12.1. The van der Waals surface area contributed by atoms with Crippen molar-refractivity contribution in [1.29, 1.82) is 0 Å². The highest BCUT2D eigenvalue weighted by molar-refractivity contribution is 9.10. The molecular weight excluding hydrogens is 451 g/mol. The molecule has 0 aromatic heterocycles. The predicted molar refractivity (Wildman–Crippen MR) is 84.1 cm³/mol. The third-order valence-corrected chi connectivity index (χ3v) is 4.94. The zero-order chi connectivity index (χ0) is 19.9. The Balaban J connectivity index is 2.65. The van der Waals surface area contributed by atoms with Crippen LogP contribution in [0.2, 0.25) is 0 Å². The Morgan fingerprint density at radius 2 is 1.62 bits per heavy atom. The molecule has 2 aromatic carbocycles. The standard InChI is InChI=1S/C15H8BrF5O4S/c1-26(23,24)11-3-2-10(13(16)12(11)14(22)15(19,20)21)25-9-5-7(17)4-8(18)6-9/h2-6H,1H3. The van der Waals surface area contributed by atoms with Gasteiger partial charge in [0.25, 0.3) is 5.78 Å². The van der Waals surface area contributed by atoms with E-state index in [1.54, 1.807) is 0 Å². The van der Waals surface area contributed by atoms with Crippen molar-refractivity contribution in [3.05, 3.63) is 52.0 Å². The van der Waals surface area contributed by atoms with Gasteiger partial charge in [-0.15, -0.1) is 0 Å². The Bertz CT molecular complexity index is 966. The van der Waals surface area contributed by atoms with E-state index in [1.165, 1.54) is 0 Å². The van der Waals surface area contributed by atoms with Crippen LogP contribution in [0.15, 0.2) is 39.7 Å². The van der Waals surface area contributed by atoms with Gasteiger partial charge in [-0.25, -0.2) is 17.2 Å². The third-order valence-electron chi connectivity index (χ3n) is 3.02. The first-order valence-electron chi connectivity index (χ1n) is 6.58. The van der Waals surface area contributed by atoms with Crippen molar-refractivity contribution in [3.63, 3.8) is 0 Å². The van der Waals surface area contributed by atoms with Crippen LogP contribution in [0.1, 0.15) is 10.4 Å². The fourth-order valence-corrected chi connectivity index (χ4v) is 3.61. The number of rotatable bonds is 4. The van der Waals surface area contributed by atoms with Gasteiger partial charge in [0, 0.05) is 24.5 Å². The minimum atomic E-state index is -5.36. The largest absolute Gasteiger partial charge is 0.456 e. The Morgan fingerprint density at radius 3 is 2.08 bits per heavy atom. The Labute approximate surface area is 152 Å². The Kier molecular flexibility index (Phi) is 5.43. The molecule has 0 N–H and O–H groups in total. The number of alkyl halides is 3. The maximum atomic E-state index is 13.2. The molecule has 0 unspecified atom stereocenters. The summed E-state index contributed by atoms with van der Waals surface area (Å²) in [6.45, 7) is 0. The second-order valence-electron chi connectivity index (χ2n) is 5.06. The molecule has 2 aromatic rings. The van der Waals surface area contributed by atoms with Gasteiger partial charge >= 0.3 is 6.18 Å². The van der Waals surface area contributed by atoms with Gasteiger partial charge in [0.05, 0.1) is 14.9 Å². The summed E-state index contributed by atoms with van der Waals surface area (Å²) < 4.78 is 92.8. The summed E-state index contributed by atoms with van der Waals surface area (Å²) in [6.07, 6.45) is -4.73. The summed E-state index contributed by atoms with van der Waals surface area (Å²) >= 11 is 2.71. The molecule has 0 aliphatic carbocycles. The summed E-state index contributed by atoms with van der Waals surface area (Å²) in [6, 6.07) is 3.75. The first-order valence-corrected chi connectivity index (χ1v) is 9.27. The van der Waals surface area contributed by atoms with Crippen molar-refractivity contribution in [2.75, 3.05) is 6.26 Å². The van der Waals surface area contributed by atoms with E-state index in [-0.39, 0.29) is 0 Å². The summed E-state index contributed by atoms with van der Waals surface area (Å²) in [5.41, 5.74) is -1.19. The lowest BCUT2D eigenvalue weighted by molar-refractivity contribution is -0.0887. The van der Waals surface area contributed by atoms with E-state index in [1.807, 2.05) is 0 Å². The molecule has 0 spiro atoms. The highest BCUT2D eigenvalue weighted by Gasteiger charge is 2.43. The average molecular weight is 459 g/mol. The number of carbonyl (C=O) groups is 1. The second kappa shape index (κ2) is 6.95. The van der Waals surface area contributed by atoms with E-state index >= 15 is 0 Å². The van der Waals surface area contributed by atoms with Crippen molar-refractivity contribution in [2.45, 2.75) is 11.1 Å². The van der Waals surface area contributed by atoms with E-state index in [9.17, 15) is 35.2 Å². The van der Waals surface area contributed by atoms with E-state index in [0.717, 1.165) is 24.3 Å². The van der Waals surface area contributed by atoms with Crippen molar-refractivity contribution in [2.24, 2.45) is 0 Å². The number of hydrogen-bond acceptors (Lipinski definition) is 4. The van der Waals surface area contributed by atoms with Crippen LogP contribution >= 0.6 is 15.9 Å². The summed E-state index contributed by atoms with van der Waals surface area (Å²) in [5, 5.41) is 0. The van der Waals surface area contributed by atoms with E-state index in [2.05, 4.69) is 15.9 Å². The summed E-state index contributed by atoms with van der Waals surface area (Å²) in [7, 11) is -4.19. The fourth-order valence-electron chi connectivity index (χ4n) is 1.99. The van der Waals surface area contributed by atoms with Crippen molar-refractivity contribution in [3.8, 4) is 11.5 Å². The summed E-state index contributed by atoms with van der Waals surface area (Å²) in [5.74, 6) is -5.26. The molecule has 11 heteroatoms. The molecule has 2 rings (SSSR count). The first-order chi connectivity index (χ1) is 11.8. The van der Waals surface area contributed by atoms with Crippen LogP contribution in [-0.2, 0) is 9.84 Å². The number of ether oxygens (including phenoxy) is 1. The van der Waals surface area contributed by atoms with Crippen LogP contribution < -0.4 is 4.74 Å². The zero-order valence-corrected chi connectivity index (χ0v) is 15.1. The van der Waals surface area contributed by atoms with Gasteiger partial charge in [0.15, 0.2) is 9.84 Å². The lowest BCUT2D eigenvalue weighted by atomic mass is 10.1. The smallest absolute Gasteiger partial charge is 0.454 e. The molecule has 0 amide bonds. The average Bonchev–Trinajstić information content (AvgIpc) is 2.45. The molecule has 0 radical (unpaired) electrons. The number of halogens is 6. The van der Waals surface area contributed by atoms with Gasteiger partial charge in [-0.1, -0.05) is 0 Å². The maximum Gasteiger partial charge on any atom is 0.454 e. The van der Waals surface area contributed by atoms with Gasteiger partial charge in [-0.05, 0) is 28.1 Å². The van der Waals surface area contributed by atoms with Gasteiger partial charge in [0.2, 0.25) is 0 Å². The number of ketones is 1. The number of sulfone groups is 1. The van der Waals surface area contributed by atoms with Crippen LogP contribution in [-0.4, -0.2) is 26.6 Å². The molecule has 0 fully saturated rings. The highest BCUT2D eigenvalue weighted by Crippen LogP contribution is 2.39. The fraction of sp³-hybridized carbons (Fsp3) is 0.133. The molecule has 0 heterocycles. The van der Waals surface area contributed by atoms with Crippen LogP contribution in [0.4, 0.5) is 22.0 Å². The third kappa shape index (κ3) is 4.39. The highest BCUT2D eigenvalue weighted by atomic mass is 79.9. The minimum Gasteiger partial charge on any atom is -0.456 e. The maximum absolute atomic E-state index is 13.2. The molecule has 0 atom stereocenters. The number of hydrogen-bond donors (Lipinski definition) is 0. The molecule has 140 valence electrons. The number of benzene rings is 2. The molecule has 0 aliphatic rings. The molecule has 26 heavy (non-hydrogen) atoms. The lowest BCUT2D eigenvalue weighted by Crippen LogP contribution is -2.25. The lowest BCUT2D eigenvalue weighted by Gasteiger charge is -2.15. The van der Waals surface area contributed by atoms with Crippen molar-refractivity contribution in [1.82, 2.24) is 0 Å². The predicted octanol–water partition coefficient (Wildman–Crippen LogP) is 4.67. The Hall–Kier alpha value is -2.01. The molecule has 0 aliphatic heterocycles. The zero-order valence-electron chi connectivity index (χ0n) is 12.7. The molecule has 0 bridgehead atoms. The van der Waals surface area contributed by atoms with Gasteiger partial charge in [-0.3, -0.25) is 4.79 Å². The number of Topliss-reactive ketones (excluding diaryl/α,β-unsaturated/α-hetero) is 1. The van der Waals surface area contributed by atoms with Crippen LogP contribution in [0, 0.1) is 11.6 Å². The van der Waals surface area contributed by atoms with Gasteiger partial charge in [0.1, 0.15) is 23.1 Å². The van der Waals surface area contributed by atoms with E-state index < -0.39 is 59.9 Å². The van der Waals surface area contributed by atoms with Crippen LogP contribution in [0.3, 0.4) is 0 Å². The molecule has 0 saturated carbocycles. The van der Waals surface area contributed by atoms with Gasteiger partial charge in [-0.2, -0.15) is 13.2 Å². The monoisotopic (exact) mass is 458 g/mol. The quantitative estimate of drug-likeness (QED) is 0.493. The number of carbonyl (C=O) groups excluding carboxylic acids is 1. The van der Waals surface area contributed by atoms with Crippen LogP contribution in [0.5, 0.6) is 11.5 Å². The second-order valence-corrected chi connectivity index (χ2v) is 7.83. The summed E-state index contributed by atoms with van der Waals surface area (Å²) in [4.78, 5) is 10.8. The SMILES string of the molecule is CS(=O)(=O)c1ccc(Oc2cc(F)cc(F)c2)c(Br)c1C(=O)C(F)(F)F. The minimum absolute atomic E-state index is 0.402. The van der Waals surface area contributed by atoms with E-state index in [4.69, 9.17) is 4.74 Å². The topological polar surface area (TPSA) is 60.4 Å². The Morgan fingerprint density at radius 1 is 1.08 bits per heavy atom. The van der Waals surface area contributed by atoms with Gasteiger partial charge < -0.3 is 4.74 Å². The van der Waals surface area contributed by atoms with E-state index in [0.29, 0.717) is 12.3 Å². The first kappa shape index (κ1) is 20.3. The van der Waals surface area contributed by atoms with Crippen LogP contribution in [0.25, 0.3) is 0 Å². The molecule has 4 nitrogen and oxygen atoms in total. The van der Waals surface area contributed by atoms with Crippen molar-refractivity contribution < 1.29 is 39.9 Å².